The molecule has 1 atom stereocenters. The maximum Gasteiger partial charge on any atom is 0.225 e. The molecule has 3 aromatic rings. The fourth-order valence-corrected chi connectivity index (χ4v) is 3.81. The van der Waals surface area contributed by atoms with Crippen LogP contribution >= 0.6 is 0 Å². The van der Waals surface area contributed by atoms with Gasteiger partial charge in [0.05, 0.1) is 12.2 Å². The van der Waals surface area contributed by atoms with Crippen molar-refractivity contribution >= 4 is 22.7 Å². The van der Waals surface area contributed by atoms with Crippen molar-refractivity contribution in [2.45, 2.75) is 25.8 Å². The molecule has 3 heterocycles. The molecule has 0 saturated carbocycles. The standard InChI is InChI=1S/C21H24FN5O2/c22-17-2-3-19-18(11-17)15(12-25-19)4-8-27-13-16(10-20(27)28)21(29)24-5-1-7-26-9-6-23-14-26/h2-3,6,9,11-12,14,16,25H,1,4-5,7-8,10,13H2,(H,24,29). The van der Waals surface area contributed by atoms with Crippen molar-refractivity contribution in [3.8, 4) is 0 Å². The van der Waals surface area contributed by atoms with E-state index in [9.17, 15) is 14.0 Å². The first-order chi connectivity index (χ1) is 14.1. The number of H-pyrrole nitrogens is 1. The van der Waals surface area contributed by atoms with Crippen LogP contribution in [0, 0.1) is 11.7 Å². The molecule has 152 valence electrons. The normalized spacial score (nSPS) is 16.7. The monoisotopic (exact) mass is 397 g/mol. The van der Waals surface area contributed by atoms with E-state index in [0.717, 1.165) is 29.4 Å². The number of aromatic nitrogens is 3. The first-order valence-corrected chi connectivity index (χ1v) is 9.87. The number of rotatable bonds is 8. The summed E-state index contributed by atoms with van der Waals surface area (Å²) in [6, 6.07) is 4.64. The first-order valence-electron chi connectivity index (χ1n) is 9.87. The van der Waals surface area contributed by atoms with E-state index in [1.807, 2.05) is 17.0 Å². The van der Waals surface area contributed by atoms with Crippen LogP contribution < -0.4 is 5.32 Å². The number of halogens is 1. The molecule has 7 nitrogen and oxygen atoms in total. The van der Waals surface area contributed by atoms with E-state index in [-0.39, 0.29) is 30.0 Å². The fourth-order valence-electron chi connectivity index (χ4n) is 3.81. The molecule has 0 bridgehead atoms. The third-order valence-corrected chi connectivity index (χ3v) is 5.42. The maximum atomic E-state index is 13.5. The molecule has 0 radical (unpaired) electrons. The Balaban J connectivity index is 1.25. The third-order valence-electron chi connectivity index (χ3n) is 5.42. The molecule has 2 N–H and O–H groups in total. The summed E-state index contributed by atoms with van der Waals surface area (Å²) < 4.78 is 15.5. The summed E-state index contributed by atoms with van der Waals surface area (Å²) in [5.74, 6) is -0.660. The number of nitrogens with one attached hydrogen (secondary N) is 2. The van der Waals surface area contributed by atoms with Crippen LogP contribution in [0.2, 0.25) is 0 Å². The lowest BCUT2D eigenvalue weighted by Gasteiger charge is -2.16. The van der Waals surface area contributed by atoms with Crippen molar-refractivity contribution in [2.24, 2.45) is 5.92 Å². The van der Waals surface area contributed by atoms with Gasteiger partial charge in [-0.15, -0.1) is 0 Å². The summed E-state index contributed by atoms with van der Waals surface area (Å²) in [5, 5.41) is 3.77. The zero-order valence-electron chi connectivity index (χ0n) is 16.1. The number of nitrogens with zero attached hydrogens (tertiary/aromatic N) is 3. The number of carbonyl (C=O) groups excluding carboxylic acids is 2. The predicted molar refractivity (Wildman–Crippen MR) is 107 cm³/mol. The lowest BCUT2D eigenvalue weighted by Crippen LogP contribution is -2.34. The molecule has 1 fully saturated rings. The second-order valence-electron chi connectivity index (χ2n) is 7.44. The summed E-state index contributed by atoms with van der Waals surface area (Å²) in [7, 11) is 0. The highest BCUT2D eigenvalue weighted by atomic mass is 19.1. The smallest absolute Gasteiger partial charge is 0.225 e. The Bertz CT molecular complexity index is 998. The molecule has 1 aliphatic rings. The Hall–Kier alpha value is -3.16. The molecule has 8 heteroatoms. The third kappa shape index (κ3) is 4.47. The number of carbonyl (C=O) groups is 2. The summed E-state index contributed by atoms with van der Waals surface area (Å²) in [6.45, 7) is 2.32. The molecule has 1 saturated heterocycles. The van der Waals surface area contributed by atoms with Gasteiger partial charge in [0.15, 0.2) is 0 Å². The minimum absolute atomic E-state index is 0.00501. The van der Waals surface area contributed by atoms with E-state index in [2.05, 4.69) is 15.3 Å². The van der Waals surface area contributed by atoms with E-state index in [0.29, 0.717) is 26.1 Å². The Kier molecular flexibility index (Phi) is 5.59. The molecule has 0 spiro atoms. The van der Waals surface area contributed by atoms with Crippen LogP contribution in [-0.2, 0) is 22.6 Å². The van der Waals surface area contributed by atoms with Gasteiger partial charge in [0, 0.05) is 62.1 Å². The van der Waals surface area contributed by atoms with E-state index < -0.39 is 0 Å². The molecular formula is C21H24FN5O2. The molecule has 4 rings (SSSR count). The number of hydrogen-bond donors (Lipinski definition) is 2. The minimum Gasteiger partial charge on any atom is -0.361 e. The van der Waals surface area contributed by atoms with Crippen LogP contribution in [0.15, 0.2) is 43.1 Å². The van der Waals surface area contributed by atoms with Crippen molar-refractivity contribution in [3.63, 3.8) is 0 Å². The van der Waals surface area contributed by atoms with Gasteiger partial charge in [-0.1, -0.05) is 0 Å². The SMILES string of the molecule is O=C(NCCCn1ccnc1)C1CC(=O)N(CCc2c[nH]c3ccc(F)cc23)C1. The fraction of sp³-hybridized carbons (Fsp3) is 0.381. The van der Waals surface area contributed by atoms with Crippen LogP contribution in [0.3, 0.4) is 0 Å². The lowest BCUT2D eigenvalue weighted by molar-refractivity contribution is -0.129. The summed E-state index contributed by atoms with van der Waals surface area (Å²) >= 11 is 0. The van der Waals surface area contributed by atoms with Gasteiger partial charge in [-0.05, 0) is 36.6 Å². The van der Waals surface area contributed by atoms with Gasteiger partial charge in [-0.25, -0.2) is 9.37 Å². The van der Waals surface area contributed by atoms with E-state index in [4.69, 9.17) is 0 Å². The van der Waals surface area contributed by atoms with Crippen molar-refractivity contribution in [3.05, 3.63) is 54.5 Å². The van der Waals surface area contributed by atoms with Gasteiger partial charge in [-0.2, -0.15) is 0 Å². The summed E-state index contributed by atoms with van der Waals surface area (Å²) in [5.41, 5.74) is 1.85. The number of aromatic amines is 1. The number of imidazole rings is 1. The van der Waals surface area contributed by atoms with Crippen LogP contribution in [0.5, 0.6) is 0 Å². The number of benzene rings is 1. The Labute approximate surface area is 167 Å². The Morgan fingerprint density at radius 2 is 2.24 bits per heavy atom. The molecule has 1 aliphatic heterocycles. The molecule has 2 aromatic heterocycles. The zero-order chi connectivity index (χ0) is 20.2. The van der Waals surface area contributed by atoms with E-state index >= 15 is 0 Å². The van der Waals surface area contributed by atoms with Crippen LogP contribution in [-0.4, -0.2) is 50.9 Å². The van der Waals surface area contributed by atoms with Crippen molar-refractivity contribution in [1.82, 2.24) is 24.8 Å². The number of likely N-dealkylation sites (tertiary alicyclic amines) is 1. The zero-order valence-corrected chi connectivity index (χ0v) is 16.1. The van der Waals surface area contributed by atoms with Crippen LogP contribution in [0.25, 0.3) is 10.9 Å². The molecular weight excluding hydrogens is 373 g/mol. The number of aryl methyl sites for hydroxylation is 1. The quantitative estimate of drug-likeness (QED) is 0.571. The Morgan fingerprint density at radius 1 is 1.34 bits per heavy atom. The predicted octanol–water partition coefficient (Wildman–Crippen LogP) is 2.10. The Morgan fingerprint density at radius 3 is 3.07 bits per heavy atom. The van der Waals surface area contributed by atoms with Crippen LogP contribution in [0.4, 0.5) is 4.39 Å². The second kappa shape index (κ2) is 8.46. The van der Waals surface area contributed by atoms with Crippen molar-refractivity contribution in [1.29, 1.82) is 0 Å². The highest BCUT2D eigenvalue weighted by Crippen LogP contribution is 2.22. The lowest BCUT2D eigenvalue weighted by atomic mass is 10.1. The molecule has 0 aliphatic carbocycles. The average Bonchev–Trinajstić information content (AvgIpc) is 3.44. The van der Waals surface area contributed by atoms with E-state index in [1.165, 1.54) is 12.1 Å². The van der Waals surface area contributed by atoms with Gasteiger partial charge < -0.3 is 19.8 Å². The van der Waals surface area contributed by atoms with Crippen molar-refractivity contribution < 1.29 is 14.0 Å². The molecule has 1 aromatic carbocycles. The van der Waals surface area contributed by atoms with Gasteiger partial charge in [0.25, 0.3) is 0 Å². The van der Waals surface area contributed by atoms with E-state index in [1.54, 1.807) is 23.5 Å². The minimum atomic E-state index is -0.309. The summed E-state index contributed by atoms with van der Waals surface area (Å²) in [4.78, 5) is 33.5. The number of amides is 2. The maximum absolute atomic E-state index is 13.5. The average molecular weight is 397 g/mol. The van der Waals surface area contributed by atoms with Crippen molar-refractivity contribution in [2.75, 3.05) is 19.6 Å². The molecule has 29 heavy (non-hydrogen) atoms. The largest absolute Gasteiger partial charge is 0.361 e. The first kappa shape index (κ1) is 19.2. The number of fused-ring (bicyclic) bond motifs is 1. The van der Waals surface area contributed by atoms with Gasteiger partial charge in [0.1, 0.15) is 5.82 Å². The topological polar surface area (TPSA) is 83.0 Å². The van der Waals surface area contributed by atoms with Gasteiger partial charge in [0.2, 0.25) is 11.8 Å². The van der Waals surface area contributed by atoms with Crippen LogP contribution in [0.1, 0.15) is 18.4 Å². The molecule has 2 amide bonds. The summed E-state index contributed by atoms with van der Waals surface area (Å²) in [6.07, 6.45) is 8.89. The van der Waals surface area contributed by atoms with Gasteiger partial charge in [-0.3, -0.25) is 9.59 Å². The highest BCUT2D eigenvalue weighted by molar-refractivity contribution is 5.89. The van der Waals surface area contributed by atoms with Gasteiger partial charge >= 0.3 is 0 Å². The number of hydrogen-bond acceptors (Lipinski definition) is 3. The highest BCUT2D eigenvalue weighted by Gasteiger charge is 2.33. The second-order valence-corrected chi connectivity index (χ2v) is 7.44. The molecule has 1 unspecified atom stereocenters.